The minimum absolute atomic E-state index is 0.253. The van der Waals surface area contributed by atoms with Crippen LogP contribution in [0.15, 0.2) is 60.7 Å². The van der Waals surface area contributed by atoms with Gasteiger partial charge in [0.05, 0.1) is 12.2 Å². The fraction of sp³-hybridized carbons (Fsp3) is 0.400. The molecular formula is C20H28N2O2. The zero-order valence-electron chi connectivity index (χ0n) is 14.4. The van der Waals surface area contributed by atoms with Gasteiger partial charge in [-0.15, -0.1) is 0 Å². The lowest BCUT2D eigenvalue weighted by Crippen LogP contribution is -2.45. The summed E-state index contributed by atoms with van der Waals surface area (Å²) in [5.41, 5.74) is 13.1. The normalized spacial score (nSPS) is 19.1. The van der Waals surface area contributed by atoms with Gasteiger partial charge < -0.3 is 21.7 Å². The van der Waals surface area contributed by atoms with E-state index in [4.69, 9.17) is 11.5 Å². The van der Waals surface area contributed by atoms with Crippen molar-refractivity contribution in [3.8, 4) is 0 Å². The minimum atomic E-state index is -0.952. The first-order valence-electron chi connectivity index (χ1n) is 8.27. The highest BCUT2D eigenvalue weighted by atomic mass is 16.3. The molecule has 0 radical (unpaired) electrons. The summed E-state index contributed by atoms with van der Waals surface area (Å²) in [7, 11) is 0. The largest absolute Gasteiger partial charge is 0.390 e. The van der Waals surface area contributed by atoms with Crippen molar-refractivity contribution in [2.24, 2.45) is 11.5 Å². The molecule has 4 atom stereocenters. The van der Waals surface area contributed by atoms with Crippen molar-refractivity contribution < 1.29 is 10.2 Å². The molecule has 4 heteroatoms. The van der Waals surface area contributed by atoms with Crippen LogP contribution >= 0.6 is 0 Å². The fourth-order valence-corrected chi connectivity index (χ4v) is 3.01. The van der Waals surface area contributed by atoms with E-state index in [9.17, 15) is 10.2 Å². The summed E-state index contributed by atoms with van der Waals surface area (Å²) in [6, 6.07) is 19.2. The third kappa shape index (κ3) is 4.65. The molecule has 6 N–H and O–H groups in total. The van der Waals surface area contributed by atoms with Gasteiger partial charge in [0.25, 0.3) is 0 Å². The number of hydrogen-bond donors (Lipinski definition) is 4. The van der Waals surface area contributed by atoms with E-state index in [-0.39, 0.29) is 12.8 Å². The fourth-order valence-electron chi connectivity index (χ4n) is 3.01. The van der Waals surface area contributed by atoms with E-state index >= 15 is 0 Å². The van der Waals surface area contributed by atoms with Crippen molar-refractivity contribution in [1.29, 1.82) is 0 Å². The monoisotopic (exact) mass is 328 g/mol. The summed E-state index contributed by atoms with van der Waals surface area (Å²) in [6.07, 6.45) is -1.40. The lowest BCUT2D eigenvalue weighted by Gasteiger charge is -2.33. The lowest BCUT2D eigenvalue weighted by molar-refractivity contribution is -0.0128. The van der Waals surface area contributed by atoms with Crippen LogP contribution in [0.3, 0.4) is 0 Å². The smallest absolute Gasteiger partial charge is 0.0820 e. The molecule has 0 aliphatic heterocycles. The Morgan fingerprint density at radius 3 is 1.29 bits per heavy atom. The Labute approximate surface area is 144 Å². The van der Waals surface area contributed by atoms with Crippen LogP contribution < -0.4 is 11.5 Å². The number of aliphatic hydroxyl groups is 2. The second-order valence-corrected chi connectivity index (χ2v) is 7.11. The molecule has 24 heavy (non-hydrogen) atoms. The molecule has 0 bridgehead atoms. The first-order valence-corrected chi connectivity index (χ1v) is 8.27. The predicted molar refractivity (Wildman–Crippen MR) is 97.2 cm³/mol. The Morgan fingerprint density at radius 1 is 0.708 bits per heavy atom. The molecule has 2 aromatic carbocycles. The highest BCUT2D eigenvalue weighted by Gasteiger charge is 2.32. The van der Waals surface area contributed by atoms with Crippen LogP contribution in [0.25, 0.3) is 0 Å². The first-order chi connectivity index (χ1) is 11.2. The Hall–Kier alpha value is -1.72. The molecule has 0 saturated carbocycles. The van der Waals surface area contributed by atoms with E-state index in [0.29, 0.717) is 0 Å². The van der Waals surface area contributed by atoms with Gasteiger partial charge in [-0.1, -0.05) is 60.7 Å². The van der Waals surface area contributed by atoms with Crippen LogP contribution in [-0.4, -0.2) is 22.4 Å². The molecule has 0 spiro atoms. The van der Waals surface area contributed by atoms with Crippen molar-refractivity contribution in [2.45, 2.75) is 50.0 Å². The summed E-state index contributed by atoms with van der Waals surface area (Å²) < 4.78 is 0. The second-order valence-electron chi connectivity index (χ2n) is 7.11. The maximum atomic E-state index is 10.4. The number of aliphatic hydroxyl groups excluding tert-OH is 2. The molecular weight excluding hydrogens is 300 g/mol. The van der Waals surface area contributed by atoms with E-state index in [1.54, 1.807) is 0 Å². The van der Waals surface area contributed by atoms with Crippen LogP contribution in [-0.2, 0) is 11.1 Å². The van der Waals surface area contributed by atoms with Gasteiger partial charge in [0.2, 0.25) is 0 Å². The molecule has 130 valence electrons. The van der Waals surface area contributed by atoms with Gasteiger partial charge in [-0.25, -0.2) is 0 Å². The van der Waals surface area contributed by atoms with Gasteiger partial charge in [-0.2, -0.15) is 0 Å². The molecule has 0 fully saturated rings. The van der Waals surface area contributed by atoms with Gasteiger partial charge in [0.1, 0.15) is 0 Å². The van der Waals surface area contributed by atoms with Gasteiger partial charge in [0, 0.05) is 11.1 Å². The topological polar surface area (TPSA) is 92.5 Å². The summed E-state index contributed by atoms with van der Waals surface area (Å²) in [6.45, 7) is 3.72. The first kappa shape index (κ1) is 18.6. The van der Waals surface area contributed by atoms with E-state index in [0.717, 1.165) is 11.1 Å². The van der Waals surface area contributed by atoms with Crippen LogP contribution in [0.5, 0.6) is 0 Å². The SMILES string of the molecule is C[C@@](N)(C[C@H](O)[C@@H](O)C[C@@](C)(N)c1ccccc1)c1ccccc1. The molecule has 0 heterocycles. The van der Waals surface area contributed by atoms with Crippen LogP contribution in [0.1, 0.15) is 37.8 Å². The van der Waals surface area contributed by atoms with Crippen LogP contribution in [0, 0.1) is 0 Å². The lowest BCUT2D eigenvalue weighted by atomic mass is 9.82. The van der Waals surface area contributed by atoms with Crippen LogP contribution in [0.4, 0.5) is 0 Å². The standard InChI is InChI=1S/C20H28N2O2/c1-19(21,15-9-5-3-6-10-15)13-17(23)18(24)14-20(2,22)16-11-7-4-8-12-16/h3-12,17-18,23-24H,13-14,21-22H2,1-2H3/t17-,18-,19+,20+/m0/s1. The average Bonchev–Trinajstić information content (AvgIpc) is 2.55. The van der Waals surface area contributed by atoms with Gasteiger partial charge in [-0.05, 0) is 37.8 Å². The summed E-state index contributed by atoms with van der Waals surface area (Å²) in [5, 5.41) is 20.9. The van der Waals surface area contributed by atoms with Crippen LogP contribution in [0.2, 0.25) is 0 Å². The highest BCUT2D eigenvalue weighted by molar-refractivity contribution is 5.24. The van der Waals surface area contributed by atoms with Crippen molar-refractivity contribution in [3.63, 3.8) is 0 Å². The predicted octanol–water partition coefficient (Wildman–Crippen LogP) is 2.24. The Bertz CT molecular complexity index is 569. The zero-order valence-corrected chi connectivity index (χ0v) is 14.4. The van der Waals surface area contributed by atoms with E-state index in [2.05, 4.69) is 0 Å². The zero-order chi connectivity index (χ0) is 17.8. The summed E-state index contributed by atoms with van der Waals surface area (Å²) >= 11 is 0. The molecule has 0 aromatic heterocycles. The summed E-state index contributed by atoms with van der Waals surface area (Å²) in [4.78, 5) is 0. The maximum Gasteiger partial charge on any atom is 0.0820 e. The Balaban J connectivity index is 2.03. The van der Waals surface area contributed by atoms with Gasteiger partial charge in [0.15, 0.2) is 0 Å². The minimum Gasteiger partial charge on any atom is -0.390 e. The quantitative estimate of drug-likeness (QED) is 0.627. The third-order valence-electron chi connectivity index (χ3n) is 4.58. The second kappa shape index (κ2) is 7.45. The summed E-state index contributed by atoms with van der Waals surface area (Å²) in [5.74, 6) is 0. The average molecular weight is 328 g/mol. The molecule has 0 saturated heterocycles. The molecule has 0 aliphatic carbocycles. The Morgan fingerprint density at radius 2 is 1.00 bits per heavy atom. The number of hydrogen-bond acceptors (Lipinski definition) is 4. The molecule has 2 rings (SSSR count). The van der Waals surface area contributed by atoms with Crippen molar-refractivity contribution >= 4 is 0 Å². The third-order valence-corrected chi connectivity index (χ3v) is 4.58. The van der Waals surface area contributed by atoms with E-state index in [1.165, 1.54) is 0 Å². The highest BCUT2D eigenvalue weighted by Crippen LogP contribution is 2.28. The number of benzene rings is 2. The Kier molecular flexibility index (Phi) is 5.78. The van der Waals surface area contributed by atoms with Crippen molar-refractivity contribution in [1.82, 2.24) is 0 Å². The van der Waals surface area contributed by atoms with Crippen molar-refractivity contribution in [3.05, 3.63) is 71.8 Å². The number of nitrogens with two attached hydrogens (primary N) is 2. The van der Waals surface area contributed by atoms with Crippen molar-refractivity contribution in [2.75, 3.05) is 0 Å². The molecule has 0 aliphatic rings. The molecule has 4 nitrogen and oxygen atoms in total. The molecule has 0 amide bonds. The molecule has 0 unspecified atom stereocenters. The van der Waals surface area contributed by atoms with E-state index < -0.39 is 23.3 Å². The number of rotatable bonds is 7. The van der Waals surface area contributed by atoms with Gasteiger partial charge >= 0.3 is 0 Å². The van der Waals surface area contributed by atoms with E-state index in [1.807, 2.05) is 74.5 Å². The van der Waals surface area contributed by atoms with Gasteiger partial charge in [-0.3, -0.25) is 0 Å². The maximum absolute atomic E-state index is 10.4. The molecule has 2 aromatic rings.